The van der Waals surface area contributed by atoms with Gasteiger partial charge in [0, 0.05) is 0 Å². The van der Waals surface area contributed by atoms with E-state index in [4.69, 9.17) is 0 Å². The summed E-state index contributed by atoms with van der Waals surface area (Å²) in [5.41, 5.74) is 0.615. The summed E-state index contributed by atoms with van der Waals surface area (Å²) in [7, 11) is 0. The largest absolute Gasteiger partial charge is 0.106 e. The van der Waals surface area contributed by atoms with Crippen molar-refractivity contribution in [2.45, 2.75) is 87.0 Å². The third kappa shape index (κ3) is 15.7. The van der Waals surface area contributed by atoms with Crippen LogP contribution in [-0.2, 0) is 0 Å². The van der Waals surface area contributed by atoms with Crippen LogP contribution in [0.2, 0.25) is 0 Å². The van der Waals surface area contributed by atoms with Gasteiger partial charge in [-0.3, -0.25) is 0 Å². The lowest BCUT2D eigenvalue weighted by Gasteiger charge is -2.30. The van der Waals surface area contributed by atoms with Crippen LogP contribution in [0.5, 0.6) is 0 Å². The van der Waals surface area contributed by atoms with Crippen LogP contribution >= 0.6 is 0 Å². The molecule has 2 atom stereocenters. The quantitative estimate of drug-likeness (QED) is 0.446. The first-order chi connectivity index (χ1) is 7.99. The topological polar surface area (TPSA) is 0 Å². The maximum absolute atomic E-state index is 3.00. The molecule has 0 aromatic carbocycles. The molecule has 106 valence electrons. The SMILES string of the molecule is C=C.CCC.CCCC(C)(CC)C[C@@H](C)CC. The zero-order valence-electron chi connectivity index (χ0n) is 13.7. The van der Waals surface area contributed by atoms with E-state index < -0.39 is 0 Å². The van der Waals surface area contributed by atoms with Crippen molar-refractivity contribution in [3.05, 3.63) is 13.2 Å². The standard InChI is InChI=1S/C12H26.C3H8.C2H4/c1-6-9-12(5,8-3)10-11(4)7-2;1-3-2;1-2/h11H,6-10H2,1-5H3;3H2,1-2H3;1-2H2/t11-,12?;;/m0../s1. The first-order valence-corrected chi connectivity index (χ1v) is 7.49. The van der Waals surface area contributed by atoms with Gasteiger partial charge in [0.05, 0.1) is 0 Å². The lowest BCUT2D eigenvalue weighted by molar-refractivity contribution is 0.214. The number of hydrogen-bond acceptors (Lipinski definition) is 0. The third-order valence-electron chi connectivity index (χ3n) is 3.25. The Hall–Kier alpha value is -0.260. The summed E-state index contributed by atoms with van der Waals surface area (Å²) in [6.45, 7) is 22.0. The highest BCUT2D eigenvalue weighted by atomic mass is 14.3. The van der Waals surface area contributed by atoms with Crippen LogP contribution in [0.4, 0.5) is 0 Å². The lowest BCUT2D eigenvalue weighted by Crippen LogP contribution is -2.18. The second-order valence-corrected chi connectivity index (χ2v) is 5.34. The zero-order chi connectivity index (χ0) is 14.3. The van der Waals surface area contributed by atoms with E-state index in [1.165, 1.54) is 38.5 Å². The summed E-state index contributed by atoms with van der Waals surface area (Å²) in [5, 5.41) is 0. The van der Waals surface area contributed by atoms with E-state index in [0.29, 0.717) is 5.41 Å². The Labute approximate surface area is 112 Å². The van der Waals surface area contributed by atoms with Crippen LogP contribution in [0.1, 0.15) is 87.0 Å². The molecule has 0 aliphatic heterocycles. The molecule has 0 saturated carbocycles. The van der Waals surface area contributed by atoms with E-state index in [0.717, 1.165) is 5.92 Å². The van der Waals surface area contributed by atoms with Crippen molar-refractivity contribution >= 4 is 0 Å². The minimum absolute atomic E-state index is 0.615. The number of hydrogen-bond donors (Lipinski definition) is 0. The molecule has 0 nitrogen and oxygen atoms in total. The minimum atomic E-state index is 0.615. The highest BCUT2D eigenvalue weighted by molar-refractivity contribution is 4.74. The molecule has 0 spiro atoms. The average Bonchev–Trinajstić information content (AvgIpc) is 2.33. The Balaban J connectivity index is -0.000000337. The predicted octanol–water partition coefficient (Wildman–Crippen LogP) is 6.86. The summed E-state index contributed by atoms with van der Waals surface area (Å²) in [5.74, 6) is 0.904. The van der Waals surface area contributed by atoms with Gasteiger partial charge in [0.15, 0.2) is 0 Å². The molecule has 0 rings (SSSR count). The van der Waals surface area contributed by atoms with Crippen molar-refractivity contribution < 1.29 is 0 Å². The van der Waals surface area contributed by atoms with Gasteiger partial charge in [-0.1, -0.05) is 74.1 Å². The van der Waals surface area contributed by atoms with Crippen LogP contribution in [0, 0.1) is 11.3 Å². The predicted molar refractivity (Wildman–Crippen MR) is 84.6 cm³/mol. The molecule has 0 fully saturated rings. The van der Waals surface area contributed by atoms with Crippen molar-refractivity contribution in [3.63, 3.8) is 0 Å². The Morgan fingerprint density at radius 2 is 1.41 bits per heavy atom. The second kappa shape index (κ2) is 15.7. The fourth-order valence-corrected chi connectivity index (χ4v) is 2.01. The molecular weight excluding hydrogens is 204 g/mol. The molecule has 17 heavy (non-hydrogen) atoms. The lowest BCUT2D eigenvalue weighted by atomic mass is 9.75. The molecule has 0 aromatic rings. The molecule has 0 aliphatic carbocycles. The van der Waals surface area contributed by atoms with Gasteiger partial charge in [-0.05, 0) is 24.2 Å². The van der Waals surface area contributed by atoms with Gasteiger partial charge in [-0.15, -0.1) is 13.2 Å². The molecule has 0 aromatic heterocycles. The summed E-state index contributed by atoms with van der Waals surface area (Å²) in [6, 6.07) is 0. The molecule has 0 heteroatoms. The fourth-order valence-electron chi connectivity index (χ4n) is 2.01. The second-order valence-electron chi connectivity index (χ2n) is 5.34. The first-order valence-electron chi connectivity index (χ1n) is 7.49. The summed E-state index contributed by atoms with van der Waals surface area (Å²) in [4.78, 5) is 0. The van der Waals surface area contributed by atoms with Crippen LogP contribution in [0.25, 0.3) is 0 Å². The van der Waals surface area contributed by atoms with Gasteiger partial charge < -0.3 is 0 Å². The minimum Gasteiger partial charge on any atom is -0.106 e. The van der Waals surface area contributed by atoms with E-state index in [2.05, 4.69) is 61.6 Å². The van der Waals surface area contributed by atoms with Gasteiger partial charge in [-0.25, -0.2) is 0 Å². The van der Waals surface area contributed by atoms with Crippen molar-refractivity contribution in [2.75, 3.05) is 0 Å². The van der Waals surface area contributed by atoms with Crippen molar-refractivity contribution in [3.8, 4) is 0 Å². The van der Waals surface area contributed by atoms with Crippen molar-refractivity contribution in [2.24, 2.45) is 11.3 Å². The van der Waals surface area contributed by atoms with Gasteiger partial charge in [0.1, 0.15) is 0 Å². The number of rotatable bonds is 6. The third-order valence-corrected chi connectivity index (χ3v) is 3.25. The van der Waals surface area contributed by atoms with Gasteiger partial charge in [0.2, 0.25) is 0 Å². The van der Waals surface area contributed by atoms with E-state index in [-0.39, 0.29) is 0 Å². The van der Waals surface area contributed by atoms with Gasteiger partial charge in [-0.2, -0.15) is 0 Å². The highest BCUT2D eigenvalue weighted by Crippen LogP contribution is 2.35. The van der Waals surface area contributed by atoms with Crippen molar-refractivity contribution in [1.29, 1.82) is 0 Å². The molecule has 0 heterocycles. The van der Waals surface area contributed by atoms with E-state index in [1.807, 2.05) is 0 Å². The fraction of sp³-hybridized carbons (Fsp3) is 0.882. The molecular formula is C17H38. The Bertz CT molecular complexity index is 128. The van der Waals surface area contributed by atoms with Gasteiger partial charge in [0.25, 0.3) is 0 Å². The molecule has 0 aliphatic rings. The van der Waals surface area contributed by atoms with Crippen molar-refractivity contribution in [1.82, 2.24) is 0 Å². The summed E-state index contributed by atoms with van der Waals surface area (Å²) in [6.07, 6.45) is 8.06. The van der Waals surface area contributed by atoms with Crippen LogP contribution in [0.15, 0.2) is 13.2 Å². The molecule has 0 saturated heterocycles. The monoisotopic (exact) mass is 242 g/mol. The Kier molecular flexibility index (Phi) is 20.3. The maximum Gasteiger partial charge on any atom is -0.0326 e. The Morgan fingerprint density at radius 3 is 1.65 bits per heavy atom. The maximum atomic E-state index is 3.00. The highest BCUT2D eigenvalue weighted by Gasteiger charge is 2.22. The van der Waals surface area contributed by atoms with E-state index in [9.17, 15) is 0 Å². The normalized spacial score (nSPS) is 14.5. The van der Waals surface area contributed by atoms with Crippen LogP contribution < -0.4 is 0 Å². The van der Waals surface area contributed by atoms with Gasteiger partial charge >= 0.3 is 0 Å². The molecule has 0 N–H and O–H groups in total. The molecule has 1 unspecified atom stereocenters. The average molecular weight is 242 g/mol. The smallest absolute Gasteiger partial charge is 0.0326 e. The van der Waals surface area contributed by atoms with E-state index in [1.54, 1.807) is 0 Å². The zero-order valence-corrected chi connectivity index (χ0v) is 13.7. The first kappa shape index (κ1) is 22.0. The Morgan fingerprint density at radius 1 is 1.00 bits per heavy atom. The molecule has 0 radical (unpaired) electrons. The summed E-state index contributed by atoms with van der Waals surface area (Å²) < 4.78 is 0. The summed E-state index contributed by atoms with van der Waals surface area (Å²) >= 11 is 0. The van der Waals surface area contributed by atoms with Crippen LogP contribution in [0.3, 0.4) is 0 Å². The molecule has 0 bridgehead atoms. The van der Waals surface area contributed by atoms with E-state index >= 15 is 0 Å². The molecule has 0 amide bonds. The van der Waals surface area contributed by atoms with Crippen LogP contribution in [-0.4, -0.2) is 0 Å².